The van der Waals surface area contributed by atoms with Crippen molar-refractivity contribution in [3.05, 3.63) is 29.3 Å². The number of rotatable bonds is 3. The van der Waals surface area contributed by atoms with Crippen LogP contribution in [0.3, 0.4) is 0 Å². The molecular weight excluding hydrogens is 242 g/mol. The lowest BCUT2D eigenvalue weighted by molar-refractivity contribution is 0.0131. The van der Waals surface area contributed by atoms with Crippen molar-refractivity contribution in [2.75, 3.05) is 6.61 Å². The van der Waals surface area contributed by atoms with E-state index in [0.717, 1.165) is 30.8 Å². The molecular formula is C13H19N5O. The summed E-state index contributed by atoms with van der Waals surface area (Å²) < 4.78 is 9.44. The Bertz CT molecular complexity index is 580. The predicted molar refractivity (Wildman–Crippen MR) is 69.6 cm³/mol. The topological polar surface area (TPSA) is 57.8 Å². The maximum atomic E-state index is 5.78. The third kappa shape index (κ3) is 2.28. The molecule has 0 aromatic carbocycles. The fourth-order valence-corrected chi connectivity index (χ4v) is 2.56. The Labute approximate surface area is 112 Å². The van der Waals surface area contributed by atoms with Crippen molar-refractivity contribution in [1.29, 1.82) is 0 Å². The van der Waals surface area contributed by atoms with E-state index in [-0.39, 0.29) is 5.60 Å². The first-order valence-electron chi connectivity index (χ1n) is 6.60. The third-order valence-electron chi connectivity index (χ3n) is 3.73. The molecule has 0 N–H and O–H groups in total. The van der Waals surface area contributed by atoms with Crippen LogP contribution < -0.4 is 0 Å². The van der Waals surface area contributed by atoms with Crippen LogP contribution >= 0.6 is 0 Å². The van der Waals surface area contributed by atoms with Gasteiger partial charge < -0.3 is 4.74 Å². The summed E-state index contributed by atoms with van der Waals surface area (Å²) in [5.41, 5.74) is 2.84. The largest absolute Gasteiger partial charge is 0.369 e. The molecule has 1 aliphatic heterocycles. The average molecular weight is 261 g/mol. The lowest BCUT2D eigenvalue weighted by atomic mass is 10.00. The van der Waals surface area contributed by atoms with Crippen LogP contribution in [0.15, 0.2) is 12.4 Å². The fraction of sp³-hybridized carbons (Fsp3) is 0.615. The van der Waals surface area contributed by atoms with Crippen LogP contribution in [0.5, 0.6) is 0 Å². The number of aryl methyl sites for hydroxylation is 2. The van der Waals surface area contributed by atoms with Gasteiger partial charge in [0.2, 0.25) is 0 Å². The van der Waals surface area contributed by atoms with Gasteiger partial charge in [0.15, 0.2) is 0 Å². The zero-order valence-corrected chi connectivity index (χ0v) is 11.6. The van der Waals surface area contributed by atoms with E-state index in [0.29, 0.717) is 6.54 Å². The lowest BCUT2D eigenvalue weighted by Gasteiger charge is -2.19. The molecule has 3 heterocycles. The molecule has 1 saturated heterocycles. The normalized spacial score (nSPS) is 23.1. The van der Waals surface area contributed by atoms with E-state index in [1.54, 1.807) is 0 Å². The summed E-state index contributed by atoms with van der Waals surface area (Å²) in [5, 5.41) is 12.9. The first-order valence-corrected chi connectivity index (χ1v) is 6.60. The molecule has 0 radical (unpaired) electrons. The Balaban J connectivity index is 1.80. The zero-order valence-electron chi connectivity index (χ0n) is 11.6. The number of ether oxygens (including phenoxy) is 1. The van der Waals surface area contributed by atoms with Crippen molar-refractivity contribution >= 4 is 0 Å². The maximum Gasteiger partial charge on any atom is 0.114 e. The standard InChI is InChI=1S/C13H19N5O/c1-10-7-17(3)15-11(10)8-18-9-12(14-16-18)13(2)5-4-6-19-13/h7,9H,4-6,8H2,1-3H3. The quantitative estimate of drug-likeness (QED) is 0.838. The van der Waals surface area contributed by atoms with Gasteiger partial charge in [-0.05, 0) is 32.3 Å². The Kier molecular flexibility index (Phi) is 2.89. The van der Waals surface area contributed by atoms with Crippen LogP contribution in [0.2, 0.25) is 0 Å². The third-order valence-corrected chi connectivity index (χ3v) is 3.73. The summed E-state index contributed by atoms with van der Waals surface area (Å²) in [6.45, 7) is 5.60. The minimum Gasteiger partial charge on any atom is -0.369 e. The molecule has 0 amide bonds. The van der Waals surface area contributed by atoms with E-state index in [2.05, 4.69) is 29.3 Å². The first kappa shape index (κ1) is 12.3. The van der Waals surface area contributed by atoms with E-state index in [9.17, 15) is 0 Å². The smallest absolute Gasteiger partial charge is 0.114 e. The number of hydrogen-bond acceptors (Lipinski definition) is 4. The fourth-order valence-electron chi connectivity index (χ4n) is 2.56. The average Bonchev–Trinajstić information content (AvgIpc) is 3.03. The Morgan fingerprint density at radius 3 is 2.89 bits per heavy atom. The predicted octanol–water partition coefficient (Wildman–Crippen LogP) is 1.39. The lowest BCUT2D eigenvalue weighted by Crippen LogP contribution is -2.20. The van der Waals surface area contributed by atoms with Crippen molar-refractivity contribution in [1.82, 2.24) is 24.8 Å². The first-order chi connectivity index (χ1) is 9.07. The Morgan fingerprint density at radius 1 is 1.42 bits per heavy atom. The number of aromatic nitrogens is 5. The highest BCUT2D eigenvalue weighted by Crippen LogP contribution is 2.33. The van der Waals surface area contributed by atoms with Gasteiger partial charge in [-0.25, -0.2) is 4.68 Å². The van der Waals surface area contributed by atoms with Crippen LogP contribution in [-0.2, 0) is 23.9 Å². The van der Waals surface area contributed by atoms with Crippen molar-refractivity contribution in [2.45, 2.75) is 38.8 Å². The molecule has 2 aromatic rings. The summed E-state index contributed by atoms with van der Waals surface area (Å²) in [6.07, 6.45) is 6.07. The molecule has 6 heteroatoms. The molecule has 2 aromatic heterocycles. The van der Waals surface area contributed by atoms with E-state index >= 15 is 0 Å². The Hall–Kier alpha value is -1.69. The van der Waals surface area contributed by atoms with Crippen LogP contribution in [0.25, 0.3) is 0 Å². The second kappa shape index (κ2) is 4.45. The summed E-state index contributed by atoms with van der Waals surface area (Å²) in [4.78, 5) is 0. The molecule has 0 bridgehead atoms. The van der Waals surface area contributed by atoms with Crippen molar-refractivity contribution in [3.63, 3.8) is 0 Å². The van der Waals surface area contributed by atoms with Gasteiger partial charge >= 0.3 is 0 Å². The molecule has 19 heavy (non-hydrogen) atoms. The molecule has 3 rings (SSSR count). The molecule has 1 atom stereocenters. The molecule has 102 valence electrons. The second-order valence-electron chi connectivity index (χ2n) is 5.42. The minimum absolute atomic E-state index is 0.266. The minimum atomic E-state index is -0.266. The van der Waals surface area contributed by atoms with Gasteiger partial charge in [0.05, 0.1) is 18.4 Å². The van der Waals surface area contributed by atoms with Gasteiger partial charge in [-0.1, -0.05) is 5.21 Å². The maximum absolute atomic E-state index is 5.78. The van der Waals surface area contributed by atoms with Crippen LogP contribution in [-0.4, -0.2) is 31.4 Å². The van der Waals surface area contributed by atoms with E-state index in [1.165, 1.54) is 5.56 Å². The molecule has 0 aliphatic carbocycles. The van der Waals surface area contributed by atoms with E-state index in [4.69, 9.17) is 4.74 Å². The van der Waals surface area contributed by atoms with Crippen molar-refractivity contribution < 1.29 is 4.74 Å². The molecule has 1 unspecified atom stereocenters. The van der Waals surface area contributed by atoms with Crippen molar-refractivity contribution in [2.24, 2.45) is 7.05 Å². The highest BCUT2D eigenvalue weighted by Gasteiger charge is 2.34. The second-order valence-corrected chi connectivity index (χ2v) is 5.42. The molecule has 0 spiro atoms. The molecule has 1 aliphatic rings. The van der Waals surface area contributed by atoms with Gasteiger partial charge in [-0.2, -0.15) is 5.10 Å². The Morgan fingerprint density at radius 2 is 2.26 bits per heavy atom. The summed E-state index contributed by atoms with van der Waals surface area (Å²) >= 11 is 0. The molecule has 0 saturated carbocycles. The summed E-state index contributed by atoms with van der Waals surface area (Å²) in [6, 6.07) is 0. The monoisotopic (exact) mass is 261 g/mol. The zero-order chi connectivity index (χ0) is 13.5. The van der Waals surface area contributed by atoms with Crippen molar-refractivity contribution in [3.8, 4) is 0 Å². The van der Waals surface area contributed by atoms with E-state index < -0.39 is 0 Å². The number of nitrogens with zero attached hydrogens (tertiary/aromatic N) is 5. The van der Waals surface area contributed by atoms with E-state index in [1.807, 2.05) is 28.8 Å². The molecule has 1 fully saturated rings. The summed E-state index contributed by atoms with van der Waals surface area (Å²) in [5.74, 6) is 0. The van der Waals surface area contributed by atoms with Crippen LogP contribution in [0, 0.1) is 6.92 Å². The molecule has 6 nitrogen and oxygen atoms in total. The van der Waals surface area contributed by atoms with Gasteiger partial charge in [0.1, 0.15) is 11.3 Å². The van der Waals surface area contributed by atoms with Gasteiger partial charge in [-0.15, -0.1) is 5.10 Å². The highest BCUT2D eigenvalue weighted by atomic mass is 16.5. The van der Waals surface area contributed by atoms with Crippen LogP contribution in [0.1, 0.15) is 36.7 Å². The summed E-state index contributed by atoms with van der Waals surface area (Å²) in [7, 11) is 1.93. The van der Waals surface area contributed by atoms with Gasteiger partial charge in [-0.3, -0.25) is 4.68 Å². The van der Waals surface area contributed by atoms with Crippen LogP contribution in [0.4, 0.5) is 0 Å². The van der Waals surface area contributed by atoms with Gasteiger partial charge in [0, 0.05) is 19.9 Å². The SMILES string of the molecule is Cc1cn(C)nc1Cn1cc(C2(C)CCCO2)nn1. The number of hydrogen-bond donors (Lipinski definition) is 0. The highest BCUT2D eigenvalue weighted by molar-refractivity contribution is 5.15. The van der Waals surface area contributed by atoms with Gasteiger partial charge in [0.25, 0.3) is 0 Å².